The molecule has 3 nitrogen and oxygen atoms in total. The number of likely N-dealkylation sites (tertiary alicyclic amines) is 1. The van der Waals surface area contributed by atoms with Crippen LogP contribution in [0.1, 0.15) is 5.56 Å². The summed E-state index contributed by atoms with van der Waals surface area (Å²) in [6.07, 6.45) is 0. The van der Waals surface area contributed by atoms with Crippen molar-refractivity contribution in [1.29, 1.82) is 0 Å². The molecule has 0 spiro atoms. The Balaban J connectivity index is 1.48. The van der Waals surface area contributed by atoms with Gasteiger partial charge in [0, 0.05) is 24.3 Å². The molecule has 1 fully saturated rings. The van der Waals surface area contributed by atoms with Crippen LogP contribution in [0, 0.1) is 5.82 Å². The summed E-state index contributed by atoms with van der Waals surface area (Å²) < 4.78 is 40.1. The molecule has 4 rings (SSSR count). The van der Waals surface area contributed by atoms with Crippen LogP contribution >= 0.6 is 11.3 Å². The molecule has 6 heteroatoms. The third-order valence-corrected chi connectivity index (χ3v) is 7.59. The molecular weight excluding hydrogens is 345 g/mol. The summed E-state index contributed by atoms with van der Waals surface area (Å²) in [6.45, 7) is 1.62. The second kappa shape index (κ2) is 5.95. The summed E-state index contributed by atoms with van der Waals surface area (Å²) in [5.74, 6) is -0.667. The quantitative estimate of drug-likeness (QED) is 0.711. The zero-order valence-corrected chi connectivity index (χ0v) is 14.5. The Hall–Kier alpha value is -1.76. The van der Waals surface area contributed by atoms with Gasteiger partial charge in [-0.15, -0.1) is 11.3 Å². The SMILES string of the molecule is O=S(=O)(c1ccccc1F)C1CN(Cc2csc3ccccc23)C1. The van der Waals surface area contributed by atoms with Gasteiger partial charge in [-0.1, -0.05) is 30.3 Å². The Bertz CT molecular complexity index is 991. The first kappa shape index (κ1) is 15.7. The largest absolute Gasteiger partial charge is 0.296 e. The van der Waals surface area contributed by atoms with E-state index in [0.717, 1.165) is 6.54 Å². The number of benzene rings is 2. The van der Waals surface area contributed by atoms with E-state index in [-0.39, 0.29) is 4.90 Å². The number of hydrogen-bond donors (Lipinski definition) is 0. The summed E-state index contributed by atoms with van der Waals surface area (Å²) in [4.78, 5) is 1.91. The molecule has 2 aromatic carbocycles. The molecule has 0 atom stereocenters. The maximum Gasteiger partial charge on any atom is 0.186 e. The maximum atomic E-state index is 13.8. The van der Waals surface area contributed by atoms with E-state index in [1.807, 2.05) is 12.1 Å². The van der Waals surface area contributed by atoms with Gasteiger partial charge in [0.05, 0.1) is 5.25 Å². The molecule has 1 aliphatic heterocycles. The van der Waals surface area contributed by atoms with Gasteiger partial charge in [-0.3, -0.25) is 4.90 Å². The van der Waals surface area contributed by atoms with Crippen LogP contribution in [0.4, 0.5) is 4.39 Å². The maximum absolute atomic E-state index is 13.8. The van der Waals surface area contributed by atoms with E-state index >= 15 is 0 Å². The summed E-state index contributed by atoms with van der Waals surface area (Å²) >= 11 is 1.70. The van der Waals surface area contributed by atoms with Gasteiger partial charge >= 0.3 is 0 Å². The second-order valence-corrected chi connectivity index (χ2v) is 9.16. The number of fused-ring (bicyclic) bond motifs is 1. The van der Waals surface area contributed by atoms with Crippen molar-refractivity contribution in [2.75, 3.05) is 13.1 Å². The van der Waals surface area contributed by atoms with Crippen LogP contribution in [-0.4, -0.2) is 31.7 Å². The minimum atomic E-state index is -3.60. The Labute approximate surface area is 144 Å². The average molecular weight is 361 g/mol. The first-order valence-electron chi connectivity index (χ1n) is 7.71. The van der Waals surface area contributed by atoms with Crippen molar-refractivity contribution in [3.8, 4) is 0 Å². The first-order chi connectivity index (χ1) is 11.6. The monoisotopic (exact) mass is 361 g/mol. The van der Waals surface area contributed by atoms with Crippen molar-refractivity contribution in [2.24, 2.45) is 0 Å². The summed E-state index contributed by atoms with van der Waals surface area (Å²) in [7, 11) is -3.60. The van der Waals surface area contributed by atoms with E-state index < -0.39 is 20.9 Å². The summed E-state index contributed by atoms with van der Waals surface area (Å²) in [6, 6.07) is 13.8. The highest BCUT2D eigenvalue weighted by molar-refractivity contribution is 7.92. The summed E-state index contributed by atoms with van der Waals surface area (Å²) in [5.41, 5.74) is 1.22. The number of sulfone groups is 1. The predicted octanol–water partition coefficient (Wildman–Crippen LogP) is 3.70. The lowest BCUT2D eigenvalue weighted by molar-refractivity contribution is 0.176. The van der Waals surface area contributed by atoms with Crippen molar-refractivity contribution in [3.63, 3.8) is 0 Å². The molecule has 24 heavy (non-hydrogen) atoms. The van der Waals surface area contributed by atoms with E-state index in [1.54, 1.807) is 17.4 Å². The third-order valence-electron chi connectivity index (χ3n) is 4.46. The minimum Gasteiger partial charge on any atom is -0.296 e. The number of halogens is 1. The highest BCUT2D eigenvalue weighted by atomic mass is 32.2. The fraction of sp³-hybridized carbons (Fsp3) is 0.222. The van der Waals surface area contributed by atoms with Crippen molar-refractivity contribution >= 4 is 31.3 Å². The average Bonchev–Trinajstić information content (AvgIpc) is 2.93. The van der Waals surface area contributed by atoms with Crippen LogP contribution in [0.3, 0.4) is 0 Å². The molecule has 3 aromatic rings. The molecule has 0 saturated carbocycles. The smallest absolute Gasteiger partial charge is 0.186 e. The van der Waals surface area contributed by atoms with Crippen molar-refractivity contribution < 1.29 is 12.8 Å². The normalized spacial score (nSPS) is 16.4. The molecule has 0 bridgehead atoms. The Morgan fingerprint density at radius 1 is 1.08 bits per heavy atom. The first-order valence-corrected chi connectivity index (χ1v) is 10.1. The molecule has 1 aliphatic rings. The molecule has 1 saturated heterocycles. The molecular formula is C18H16FNO2S2. The number of nitrogens with zero attached hydrogens (tertiary/aromatic N) is 1. The van der Waals surface area contributed by atoms with Crippen molar-refractivity contribution in [3.05, 3.63) is 65.3 Å². The van der Waals surface area contributed by atoms with Gasteiger partial charge in [0.2, 0.25) is 0 Å². The van der Waals surface area contributed by atoms with E-state index in [9.17, 15) is 12.8 Å². The molecule has 124 valence electrons. The van der Waals surface area contributed by atoms with E-state index in [2.05, 4.69) is 22.4 Å². The van der Waals surface area contributed by atoms with E-state index in [0.29, 0.717) is 13.1 Å². The third kappa shape index (κ3) is 2.64. The molecule has 0 N–H and O–H groups in total. The number of hydrogen-bond acceptors (Lipinski definition) is 4. The minimum absolute atomic E-state index is 0.185. The summed E-state index contributed by atoms with van der Waals surface area (Å²) in [5, 5.41) is 2.82. The fourth-order valence-electron chi connectivity index (χ4n) is 3.10. The molecule has 0 amide bonds. The van der Waals surface area contributed by atoms with Gasteiger partial charge in [-0.25, -0.2) is 12.8 Å². The lowest BCUT2D eigenvalue weighted by atomic mass is 10.1. The van der Waals surface area contributed by atoms with Gasteiger partial charge in [-0.05, 0) is 34.5 Å². The Morgan fingerprint density at radius 3 is 2.58 bits per heavy atom. The van der Waals surface area contributed by atoms with Gasteiger partial charge in [0.15, 0.2) is 9.84 Å². The zero-order chi connectivity index (χ0) is 16.7. The fourth-order valence-corrected chi connectivity index (χ4v) is 5.83. The van der Waals surface area contributed by atoms with Gasteiger partial charge in [-0.2, -0.15) is 0 Å². The standard InChI is InChI=1S/C18H16FNO2S2/c19-16-6-2-4-8-18(16)24(21,22)14-10-20(11-14)9-13-12-23-17-7-3-1-5-15(13)17/h1-8,12,14H,9-11H2. The molecule has 0 radical (unpaired) electrons. The second-order valence-electron chi connectivity index (χ2n) is 6.05. The van der Waals surface area contributed by atoms with Gasteiger partial charge in [0.25, 0.3) is 0 Å². The Morgan fingerprint density at radius 2 is 1.79 bits per heavy atom. The highest BCUT2D eigenvalue weighted by Gasteiger charge is 2.39. The van der Waals surface area contributed by atoms with Crippen LogP contribution in [0.5, 0.6) is 0 Å². The topological polar surface area (TPSA) is 37.4 Å². The van der Waals surface area contributed by atoms with Crippen molar-refractivity contribution in [1.82, 2.24) is 4.90 Å². The van der Waals surface area contributed by atoms with Crippen LogP contribution in [-0.2, 0) is 16.4 Å². The van der Waals surface area contributed by atoms with E-state index in [1.165, 1.54) is 33.8 Å². The van der Waals surface area contributed by atoms with Crippen LogP contribution < -0.4 is 0 Å². The van der Waals surface area contributed by atoms with Gasteiger partial charge in [0.1, 0.15) is 10.7 Å². The van der Waals surface area contributed by atoms with E-state index in [4.69, 9.17) is 0 Å². The number of rotatable bonds is 4. The van der Waals surface area contributed by atoms with Gasteiger partial charge < -0.3 is 0 Å². The van der Waals surface area contributed by atoms with Crippen LogP contribution in [0.2, 0.25) is 0 Å². The molecule has 2 heterocycles. The zero-order valence-electron chi connectivity index (χ0n) is 12.9. The lowest BCUT2D eigenvalue weighted by Crippen LogP contribution is -2.54. The number of thiophene rings is 1. The van der Waals surface area contributed by atoms with Crippen molar-refractivity contribution in [2.45, 2.75) is 16.7 Å². The molecule has 0 unspecified atom stereocenters. The van der Waals surface area contributed by atoms with Crippen LogP contribution in [0.25, 0.3) is 10.1 Å². The van der Waals surface area contributed by atoms with Crippen LogP contribution in [0.15, 0.2) is 58.8 Å². The molecule has 0 aliphatic carbocycles. The highest BCUT2D eigenvalue weighted by Crippen LogP contribution is 2.30. The molecule has 1 aromatic heterocycles. The Kier molecular flexibility index (Phi) is 3.90. The lowest BCUT2D eigenvalue weighted by Gasteiger charge is -2.38. The predicted molar refractivity (Wildman–Crippen MR) is 94.5 cm³/mol.